The van der Waals surface area contributed by atoms with Crippen LogP contribution >= 0.6 is 11.3 Å². The van der Waals surface area contributed by atoms with E-state index in [0.29, 0.717) is 6.54 Å². The van der Waals surface area contributed by atoms with E-state index in [0.717, 1.165) is 21.8 Å². The number of aromatic nitrogens is 1. The molecule has 2 rings (SSSR count). The molecule has 0 fully saturated rings. The summed E-state index contributed by atoms with van der Waals surface area (Å²) in [6, 6.07) is 8.18. The highest BCUT2D eigenvalue weighted by Crippen LogP contribution is 2.26. The van der Waals surface area contributed by atoms with Gasteiger partial charge in [-0.25, -0.2) is 4.98 Å². The summed E-state index contributed by atoms with van der Waals surface area (Å²) in [7, 11) is 1.70. The van der Waals surface area contributed by atoms with Gasteiger partial charge in [0.1, 0.15) is 11.1 Å². The van der Waals surface area contributed by atoms with Gasteiger partial charge >= 0.3 is 0 Å². The zero-order valence-electron chi connectivity index (χ0n) is 10.0. The van der Waals surface area contributed by atoms with E-state index >= 15 is 0 Å². The number of methoxy groups -OCH3 is 1. The first-order valence-corrected chi connectivity index (χ1v) is 6.40. The van der Waals surface area contributed by atoms with Crippen LogP contribution in [0.3, 0.4) is 0 Å². The summed E-state index contributed by atoms with van der Waals surface area (Å²) in [5.41, 5.74) is 8.82. The van der Waals surface area contributed by atoms with Crippen LogP contribution in [0.5, 0.6) is 0 Å². The van der Waals surface area contributed by atoms with Crippen LogP contribution in [0, 0.1) is 0 Å². The van der Waals surface area contributed by atoms with Crippen molar-refractivity contribution in [2.24, 2.45) is 5.73 Å². The molecule has 1 aromatic carbocycles. The van der Waals surface area contributed by atoms with Crippen molar-refractivity contribution < 1.29 is 4.74 Å². The highest BCUT2D eigenvalue weighted by molar-refractivity contribution is 7.10. The molecule has 17 heavy (non-hydrogen) atoms. The maximum atomic E-state index is 5.57. The lowest BCUT2D eigenvalue weighted by molar-refractivity contribution is 0.119. The Kier molecular flexibility index (Phi) is 3.89. The van der Waals surface area contributed by atoms with Crippen LogP contribution in [-0.2, 0) is 11.3 Å². The van der Waals surface area contributed by atoms with E-state index in [1.165, 1.54) is 0 Å². The van der Waals surface area contributed by atoms with Crippen molar-refractivity contribution in [1.82, 2.24) is 4.98 Å². The molecule has 1 unspecified atom stereocenters. The zero-order chi connectivity index (χ0) is 12.3. The molecule has 0 aliphatic rings. The Hall–Kier alpha value is -1.23. The van der Waals surface area contributed by atoms with E-state index in [-0.39, 0.29) is 6.10 Å². The van der Waals surface area contributed by atoms with Crippen molar-refractivity contribution in [1.29, 1.82) is 0 Å². The summed E-state index contributed by atoms with van der Waals surface area (Å²) in [5, 5.41) is 3.06. The number of thiazole rings is 1. The second kappa shape index (κ2) is 5.40. The third kappa shape index (κ3) is 2.72. The molecule has 0 radical (unpaired) electrons. The molecule has 2 aromatic rings. The fraction of sp³-hybridized carbons (Fsp3) is 0.308. The minimum atomic E-state index is 0.0528. The average Bonchev–Trinajstić information content (AvgIpc) is 2.87. The second-order valence-electron chi connectivity index (χ2n) is 3.85. The van der Waals surface area contributed by atoms with Crippen LogP contribution in [0.25, 0.3) is 11.3 Å². The van der Waals surface area contributed by atoms with Crippen molar-refractivity contribution >= 4 is 11.3 Å². The molecule has 0 aliphatic heterocycles. The monoisotopic (exact) mass is 248 g/mol. The molecule has 0 bridgehead atoms. The molecular weight excluding hydrogens is 232 g/mol. The van der Waals surface area contributed by atoms with Gasteiger partial charge in [-0.3, -0.25) is 0 Å². The van der Waals surface area contributed by atoms with E-state index in [1.807, 2.05) is 19.1 Å². The fourth-order valence-corrected chi connectivity index (χ4v) is 2.38. The lowest BCUT2D eigenvalue weighted by atomic mass is 10.1. The third-order valence-corrected chi connectivity index (χ3v) is 3.71. The number of ether oxygens (including phenoxy) is 1. The lowest BCUT2D eigenvalue weighted by Gasteiger charge is -2.04. The fourth-order valence-electron chi connectivity index (χ4n) is 1.52. The van der Waals surface area contributed by atoms with Gasteiger partial charge in [-0.15, -0.1) is 11.3 Å². The maximum absolute atomic E-state index is 5.57. The average molecular weight is 248 g/mol. The van der Waals surface area contributed by atoms with Crippen LogP contribution in [-0.4, -0.2) is 12.1 Å². The summed E-state index contributed by atoms with van der Waals surface area (Å²) in [6.07, 6.45) is 0.0528. The molecule has 1 atom stereocenters. The van der Waals surface area contributed by atoms with Gasteiger partial charge in [-0.05, 0) is 12.5 Å². The van der Waals surface area contributed by atoms with Crippen LogP contribution in [0.1, 0.15) is 23.6 Å². The normalized spacial score (nSPS) is 12.6. The Morgan fingerprint density at radius 1 is 1.35 bits per heavy atom. The Morgan fingerprint density at radius 2 is 2.06 bits per heavy atom. The Bertz CT molecular complexity index is 478. The van der Waals surface area contributed by atoms with Crippen molar-refractivity contribution in [3.63, 3.8) is 0 Å². The van der Waals surface area contributed by atoms with Gasteiger partial charge in [0.15, 0.2) is 0 Å². The smallest absolute Gasteiger partial charge is 0.122 e. The summed E-state index contributed by atoms with van der Waals surface area (Å²) in [6.45, 7) is 2.57. The number of nitrogens with two attached hydrogens (primary N) is 1. The van der Waals surface area contributed by atoms with Gasteiger partial charge in [0.2, 0.25) is 0 Å². The quantitative estimate of drug-likeness (QED) is 0.905. The SMILES string of the molecule is COC(C)c1nc(-c2ccc(CN)cc2)cs1. The molecule has 0 amide bonds. The lowest BCUT2D eigenvalue weighted by Crippen LogP contribution is -1.96. The van der Waals surface area contributed by atoms with Crippen LogP contribution in [0.15, 0.2) is 29.6 Å². The molecule has 1 aromatic heterocycles. The predicted octanol–water partition coefficient (Wildman–Crippen LogP) is 2.98. The Balaban J connectivity index is 2.24. The minimum Gasteiger partial charge on any atom is -0.375 e. The number of hydrogen-bond donors (Lipinski definition) is 1. The number of nitrogens with zero attached hydrogens (tertiary/aromatic N) is 1. The molecule has 90 valence electrons. The van der Waals surface area contributed by atoms with Crippen molar-refractivity contribution in [2.75, 3.05) is 7.11 Å². The number of benzene rings is 1. The van der Waals surface area contributed by atoms with E-state index < -0.39 is 0 Å². The second-order valence-corrected chi connectivity index (χ2v) is 4.74. The number of hydrogen-bond acceptors (Lipinski definition) is 4. The molecule has 3 nitrogen and oxygen atoms in total. The van der Waals surface area contributed by atoms with E-state index in [1.54, 1.807) is 18.4 Å². The molecule has 0 aliphatic carbocycles. The first-order chi connectivity index (χ1) is 8.24. The largest absolute Gasteiger partial charge is 0.375 e. The van der Waals surface area contributed by atoms with Crippen molar-refractivity contribution in [2.45, 2.75) is 19.6 Å². The maximum Gasteiger partial charge on any atom is 0.122 e. The molecule has 0 spiro atoms. The summed E-state index contributed by atoms with van der Waals surface area (Å²) in [5.74, 6) is 0. The summed E-state index contributed by atoms with van der Waals surface area (Å²) < 4.78 is 5.25. The van der Waals surface area contributed by atoms with E-state index in [2.05, 4.69) is 22.5 Å². The third-order valence-electron chi connectivity index (χ3n) is 2.71. The molecule has 1 heterocycles. The van der Waals surface area contributed by atoms with Crippen LogP contribution < -0.4 is 5.73 Å². The minimum absolute atomic E-state index is 0.0528. The number of rotatable bonds is 4. The standard InChI is InChI=1S/C13H16N2OS/c1-9(16-2)13-15-12(8-17-13)11-5-3-10(7-14)4-6-11/h3-6,8-9H,7,14H2,1-2H3. The highest BCUT2D eigenvalue weighted by Gasteiger charge is 2.10. The van der Waals surface area contributed by atoms with Crippen molar-refractivity contribution in [3.05, 3.63) is 40.2 Å². The van der Waals surface area contributed by atoms with Crippen LogP contribution in [0.2, 0.25) is 0 Å². The van der Waals surface area contributed by atoms with E-state index in [9.17, 15) is 0 Å². The van der Waals surface area contributed by atoms with Gasteiger partial charge in [0.05, 0.1) is 5.69 Å². The summed E-state index contributed by atoms with van der Waals surface area (Å²) in [4.78, 5) is 4.57. The zero-order valence-corrected chi connectivity index (χ0v) is 10.8. The first-order valence-electron chi connectivity index (χ1n) is 5.52. The molecule has 2 N–H and O–H groups in total. The van der Waals surface area contributed by atoms with Gasteiger partial charge in [0, 0.05) is 24.6 Å². The van der Waals surface area contributed by atoms with E-state index in [4.69, 9.17) is 10.5 Å². The van der Waals surface area contributed by atoms with Gasteiger partial charge in [-0.1, -0.05) is 24.3 Å². The Labute approximate surface area is 105 Å². The molecule has 0 saturated carbocycles. The molecular formula is C13H16N2OS. The topological polar surface area (TPSA) is 48.1 Å². The van der Waals surface area contributed by atoms with Crippen LogP contribution in [0.4, 0.5) is 0 Å². The van der Waals surface area contributed by atoms with Gasteiger partial charge in [-0.2, -0.15) is 0 Å². The van der Waals surface area contributed by atoms with Crippen molar-refractivity contribution in [3.8, 4) is 11.3 Å². The van der Waals surface area contributed by atoms with Gasteiger partial charge in [0.25, 0.3) is 0 Å². The molecule has 0 saturated heterocycles. The predicted molar refractivity (Wildman–Crippen MR) is 70.9 cm³/mol. The molecule has 4 heteroatoms. The highest BCUT2D eigenvalue weighted by atomic mass is 32.1. The first kappa shape index (κ1) is 12.2. The van der Waals surface area contributed by atoms with Gasteiger partial charge < -0.3 is 10.5 Å². The Morgan fingerprint density at radius 3 is 2.65 bits per heavy atom. The summed E-state index contributed by atoms with van der Waals surface area (Å²) >= 11 is 1.63.